The Kier molecular flexibility index (Phi) is 8.65. The van der Waals surface area contributed by atoms with E-state index in [4.69, 9.17) is 14.9 Å². The summed E-state index contributed by atoms with van der Waals surface area (Å²) in [5, 5.41) is 31.5. The molecule has 4 aliphatic carbocycles. The monoisotopic (exact) mass is 498 g/mol. The number of hydrogen-bond donors (Lipinski definition) is 5. The minimum absolute atomic E-state index is 0.0170. The van der Waals surface area contributed by atoms with Crippen molar-refractivity contribution in [2.45, 2.75) is 62.8 Å². The summed E-state index contributed by atoms with van der Waals surface area (Å²) in [7, 11) is 2.54. The molecule has 0 aromatic carbocycles. The number of carboxylic acid groups (broad SMARTS) is 1. The first kappa shape index (κ1) is 26.4. The summed E-state index contributed by atoms with van der Waals surface area (Å²) in [4.78, 5) is 22.4. The van der Waals surface area contributed by atoms with Crippen LogP contribution in [-0.4, -0.2) is 67.9 Å². The highest BCUT2D eigenvalue weighted by molar-refractivity contribution is 6.02. The zero-order valence-electron chi connectivity index (χ0n) is 19.8. The number of aromatic amines is 1. The fourth-order valence-corrected chi connectivity index (χ4v) is 4.76. The summed E-state index contributed by atoms with van der Waals surface area (Å²) < 4.78 is 30.4. The van der Waals surface area contributed by atoms with Gasteiger partial charge in [-0.1, -0.05) is 12.8 Å². The number of rotatable bonds is 7. The average Bonchev–Trinajstić information content (AvgIpc) is 3.51. The van der Waals surface area contributed by atoms with Gasteiger partial charge in [-0.3, -0.25) is 14.6 Å². The second kappa shape index (κ2) is 11.5. The van der Waals surface area contributed by atoms with Gasteiger partial charge in [0.05, 0.1) is 0 Å². The second-order valence-corrected chi connectivity index (χ2v) is 9.03. The molecule has 2 heterocycles. The van der Waals surface area contributed by atoms with Crippen molar-refractivity contribution < 1.29 is 33.3 Å². The number of ether oxygens (including phenoxy) is 1. The lowest BCUT2D eigenvalue weighted by molar-refractivity contribution is -0.0448. The van der Waals surface area contributed by atoms with Crippen LogP contribution in [-0.2, 0) is 7.05 Å². The van der Waals surface area contributed by atoms with Crippen molar-refractivity contribution in [1.82, 2.24) is 25.3 Å². The van der Waals surface area contributed by atoms with Gasteiger partial charge >= 0.3 is 6.09 Å². The Morgan fingerprint density at radius 1 is 1.26 bits per heavy atom. The van der Waals surface area contributed by atoms with Crippen LogP contribution in [0.25, 0.3) is 0 Å². The first-order chi connectivity index (χ1) is 16.7. The van der Waals surface area contributed by atoms with E-state index in [1.807, 2.05) is 6.07 Å². The SMILES string of the molecule is CO.Cn1nc(OCC(F)F)cc1C(=O)Nc1cc(C2CCCC2)[nH]n1.O=C(O)NC12CC(C1)C2. The first-order valence-electron chi connectivity index (χ1n) is 11.5. The Labute approximate surface area is 201 Å². The van der Waals surface area contributed by atoms with E-state index < -0.39 is 25.0 Å². The molecule has 35 heavy (non-hydrogen) atoms. The minimum atomic E-state index is -2.60. The summed E-state index contributed by atoms with van der Waals surface area (Å²) in [5.74, 6) is 1.29. The molecule has 5 N–H and O–H groups in total. The minimum Gasteiger partial charge on any atom is -0.471 e. The fourth-order valence-electron chi connectivity index (χ4n) is 4.76. The molecule has 4 aliphatic rings. The number of amides is 2. The molecule has 4 fully saturated rings. The van der Waals surface area contributed by atoms with Crippen LogP contribution in [0, 0.1) is 5.92 Å². The van der Waals surface area contributed by atoms with E-state index in [0.717, 1.165) is 50.8 Å². The Morgan fingerprint density at radius 3 is 2.43 bits per heavy atom. The smallest absolute Gasteiger partial charge is 0.405 e. The van der Waals surface area contributed by atoms with Gasteiger partial charge in [0.2, 0.25) is 5.88 Å². The first-order valence-corrected chi connectivity index (χ1v) is 11.5. The van der Waals surface area contributed by atoms with Crippen LogP contribution >= 0.6 is 0 Å². The van der Waals surface area contributed by atoms with Crippen LogP contribution in [0.2, 0.25) is 0 Å². The maximum Gasteiger partial charge on any atom is 0.405 e. The third kappa shape index (κ3) is 6.68. The highest BCUT2D eigenvalue weighted by Gasteiger charge is 2.57. The molecule has 0 radical (unpaired) electrons. The van der Waals surface area contributed by atoms with Crippen molar-refractivity contribution in [2.75, 3.05) is 19.0 Å². The summed E-state index contributed by atoms with van der Waals surface area (Å²) in [6.07, 6.45) is 4.46. The lowest BCUT2D eigenvalue weighted by Crippen LogP contribution is -2.67. The quantitative estimate of drug-likeness (QED) is 0.393. The molecule has 0 unspecified atom stereocenters. The highest BCUT2D eigenvalue weighted by Crippen LogP contribution is 2.56. The second-order valence-electron chi connectivity index (χ2n) is 9.03. The number of anilines is 1. The lowest BCUT2D eigenvalue weighted by atomic mass is 9.50. The van der Waals surface area contributed by atoms with Crippen molar-refractivity contribution in [3.8, 4) is 5.88 Å². The van der Waals surface area contributed by atoms with Crippen molar-refractivity contribution in [2.24, 2.45) is 13.0 Å². The molecule has 2 aromatic rings. The van der Waals surface area contributed by atoms with Gasteiger partial charge in [0.15, 0.2) is 12.4 Å². The number of aromatic nitrogens is 4. The molecular formula is C22H32F2N6O5. The number of nitrogens with one attached hydrogen (secondary N) is 3. The van der Waals surface area contributed by atoms with E-state index in [0.29, 0.717) is 11.7 Å². The molecule has 194 valence electrons. The lowest BCUT2D eigenvalue weighted by Gasteiger charge is -2.61. The number of aliphatic hydroxyl groups is 1. The Hall–Kier alpha value is -3.22. The maximum absolute atomic E-state index is 12.3. The largest absolute Gasteiger partial charge is 0.471 e. The molecule has 11 nitrogen and oxygen atoms in total. The predicted molar refractivity (Wildman–Crippen MR) is 122 cm³/mol. The summed E-state index contributed by atoms with van der Waals surface area (Å²) in [5.41, 5.74) is 1.26. The van der Waals surface area contributed by atoms with Gasteiger partial charge in [-0.15, -0.1) is 5.10 Å². The molecule has 13 heteroatoms. The Morgan fingerprint density at radius 2 is 1.91 bits per heavy atom. The van der Waals surface area contributed by atoms with Crippen LogP contribution in [0.1, 0.15) is 67.0 Å². The highest BCUT2D eigenvalue weighted by atomic mass is 19.3. The number of halogens is 2. The van der Waals surface area contributed by atoms with Crippen molar-refractivity contribution in [3.05, 3.63) is 23.5 Å². The Bertz CT molecular complexity index is 987. The average molecular weight is 499 g/mol. The topological polar surface area (TPSA) is 154 Å². The predicted octanol–water partition coefficient (Wildman–Crippen LogP) is 3.11. The molecule has 0 saturated heterocycles. The number of nitrogens with zero attached hydrogens (tertiary/aromatic N) is 3. The zero-order valence-corrected chi connectivity index (χ0v) is 19.8. The number of carbonyl (C=O) groups is 2. The van der Waals surface area contributed by atoms with Gasteiger partial charge in [-0.25, -0.2) is 13.6 Å². The molecule has 0 aliphatic heterocycles. The summed E-state index contributed by atoms with van der Waals surface area (Å²) in [6.45, 7) is -0.762. The standard InChI is InChI=1S/C15H19F2N5O2.C6H9NO2.CH4O/c1-22-11(7-14(21-22)24-8-12(16)17)15(23)18-13-6-10(19-20-13)9-4-2-3-5-9;8-5(9)7-6-1-4(2-6)3-6;1-2/h6-7,9,12H,2-5,8H2,1H3,(H2,18,19,20,23);4,7H,1-3H2,(H,8,9);2H,1H3. The van der Waals surface area contributed by atoms with Gasteiger partial charge in [-0.05, 0) is 38.0 Å². The zero-order chi connectivity index (χ0) is 25.6. The van der Waals surface area contributed by atoms with E-state index >= 15 is 0 Å². The van der Waals surface area contributed by atoms with Crippen LogP contribution < -0.4 is 15.4 Å². The van der Waals surface area contributed by atoms with Crippen LogP contribution in [0.15, 0.2) is 12.1 Å². The van der Waals surface area contributed by atoms with E-state index in [9.17, 15) is 18.4 Å². The third-order valence-corrected chi connectivity index (χ3v) is 6.49. The van der Waals surface area contributed by atoms with E-state index in [2.05, 4.69) is 25.9 Å². The van der Waals surface area contributed by atoms with Crippen LogP contribution in [0.4, 0.5) is 19.4 Å². The number of aliphatic hydroxyl groups excluding tert-OH is 1. The van der Waals surface area contributed by atoms with Gasteiger partial charge in [-0.2, -0.15) is 5.10 Å². The molecule has 0 spiro atoms. The van der Waals surface area contributed by atoms with Crippen molar-refractivity contribution >= 4 is 17.8 Å². The van der Waals surface area contributed by atoms with Gasteiger partial charge in [0, 0.05) is 43.4 Å². The van der Waals surface area contributed by atoms with E-state index in [1.165, 1.54) is 23.6 Å². The third-order valence-electron chi connectivity index (χ3n) is 6.49. The number of aryl methyl sites for hydroxylation is 1. The Balaban J connectivity index is 0.000000257. The van der Waals surface area contributed by atoms with Gasteiger partial charge in [0.25, 0.3) is 12.3 Å². The van der Waals surface area contributed by atoms with Gasteiger partial charge < -0.3 is 25.6 Å². The van der Waals surface area contributed by atoms with E-state index in [1.54, 1.807) is 7.05 Å². The van der Waals surface area contributed by atoms with Crippen molar-refractivity contribution in [1.29, 1.82) is 0 Å². The number of carbonyl (C=O) groups excluding carboxylic acids is 1. The number of hydrogen-bond acceptors (Lipinski definition) is 6. The fraction of sp³-hybridized carbons (Fsp3) is 0.636. The summed E-state index contributed by atoms with van der Waals surface area (Å²) >= 11 is 0. The van der Waals surface area contributed by atoms with Gasteiger partial charge in [0.1, 0.15) is 5.69 Å². The maximum atomic E-state index is 12.3. The molecule has 2 bridgehead atoms. The molecule has 2 aromatic heterocycles. The summed E-state index contributed by atoms with van der Waals surface area (Å²) in [6, 6.07) is 3.15. The normalized spacial score (nSPS) is 22.1. The van der Waals surface area contributed by atoms with Crippen LogP contribution in [0.3, 0.4) is 0 Å². The molecular weight excluding hydrogens is 466 g/mol. The molecule has 0 atom stereocenters. The number of H-pyrrole nitrogens is 1. The number of alkyl halides is 2. The molecule has 6 rings (SSSR count). The van der Waals surface area contributed by atoms with Crippen LogP contribution in [0.5, 0.6) is 5.88 Å². The molecule has 4 saturated carbocycles. The van der Waals surface area contributed by atoms with E-state index in [-0.39, 0.29) is 17.1 Å². The molecule has 2 amide bonds. The van der Waals surface area contributed by atoms with Crippen molar-refractivity contribution in [3.63, 3.8) is 0 Å².